The number of likely N-dealkylation sites (tertiary alicyclic amines) is 1. The molecule has 1 heterocycles. The maximum atomic E-state index is 12.2. The molecule has 1 N–H and O–H groups in total. The third-order valence-electron chi connectivity index (χ3n) is 4.25. The molecule has 1 atom stereocenters. The van der Waals surface area contributed by atoms with Crippen LogP contribution in [-0.4, -0.2) is 50.6 Å². The number of nitrogens with zero attached hydrogens (tertiary/aromatic N) is 1. The average Bonchev–Trinajstić information content (AvgIpc) is 2.60. The van der Waals surface area contributed by atoms with E-state index in [1.807, 2.05) is 4.90 Å². The molecule has 1 fully saturated rings. The standard InChI is InChI=1S/C18H26N2O4/c1-13-5-4-8-20(12-13)17(21)6-7-19-18(22)14-9-15(23-2)11-16(10-14)24-3/h9-11,13H,4-8,12H2,1-3H3,(H,19,22)/t13-/m1/s1. The highest BCUT2D eigenvalue weighted by Crippen LogP contribution is 2.22. The monoisotopic (exact) mass is 334 g/mol. The van der Waals surface area contributed by atoms with Crippen molar-refractivity contribution in [3.63, 3.8) is 0 Å². The van der Waals surface area contributed by atoms with Crippen molar-refractivity contribution in [1.29, 1.82) is 0 Å². The molecule has 0 spiro atoms. The Morgan fingerprint density at radius 3 is 2.46 bits per heavy atom. The second-order valence-corrected chi connectivity index (χ2v) is 6.19. The van der Waals surface area contributed by atoms with Crippen molar-refractivity contribution >= 4 is 11.8 Å². The summed E-state index contributed by atoms with van der Waals surface area (Å²) < 4.78 is 10.3. The molecule has 2 amide bonds. The van der Waals surface area contributed by atoms with Crippen molar-refractivity contribution in [2.75, 3.05) is 33.9 Å². The van der Waals surface area contributed by atoms with Crippen LogP contribution in [0.4, 0.5) is 0 Å². The number of rotatable bonds is 6. The van der Waals surface area contributed by atoms with Crippen molar-refractivity contribution in [3.8, 4) is 11.5 Å². The summed E-state index contributed by atoms with van der Waals surface area (Å²) in [7, 11) is 3.07. The van der Waals surface area contributed by atoms with Gasteiger partial charge in [0, 0.05) is 37.7 Å². The first-order valence-corrected chi connectivity index (χ1v) is 8.32. The van der Waals surface area contributed by atoms with Gasteiger partial charge in [0.25, 0.3) is 5.91 Å². The molecule has 0 aromatic heterocycles. The maximum absolute atomic E-state index is 12.2. The number of carbonyl (C=O) groups is 2. The Hall–Kier alpha value is -2.24. The van der Waals surface area contributed by atoms with E-state index in [-0.39, 0.29) is 11.8 Å². The van der Waals surface area contributed by atoms with Crippen LogP contribution in [-0.2, 0) is 4.79 Å². The fourth-order valence-electron chi connectivity index (χ4n) is 2.90. The Balaban J connectivity index is 1.85. The lowest BCUT2D eigenvalue weighted by molar-refractivity contribution is -0.132. The van der Waals surface area contributed by atoms with E-state index in [4.69, 9.17) is 9.47 Å². The van der Waals surface area contributed by atoms with Crippen LogP contribution in [0, 0.1) is 5.92 Å². The zero-order valence-corrected chi connectivity index (χ0v) is 14.6. The molecule has 0 radical (unpaired) electrons. The van der Waals surface area contributed by atoms with Gasteiger partial charge in [0.05, 0.1) is 14.2 Å². The first-order chi connectivity index (χ1) is 11.5. The second kappa shape index (κ2) is 8.57. The second-order valence-electron chi connectivity index (χ2n) is 6.19. The van der Waals surface area contributed by atoms with Gasteiger partial charge in [0.1, 0.15) is 11.5 Å². The molecule has 1 aliphatic heterocycles. The Kier molecular flexibility index (Phi) is 6.46. The fourth-order valence-corrected chi connectivity index (χ4v) is 2.90. The van der Waals surface area contributed by atoms with Crippen LogP contribution in [0.25, 0.3) is 0 Å². The van der Waals surface area contributed by atoms with E-state index in [0.29, 0.717) is 35.9 Å². The molecule has 1 aromatic carbocycles. The van der Waals surface area contributed by atoms with Crippen LogP contribution >= 0.6 is 0 Å². The molecule has 0 unspecified atom stereocenters. The van der Waals surface area contributed by atoms with E-state index >= 15 is 0 Å². The van der Waals surface area contributed by atoms with Crippen LogP contribution < -0.4 is 14.8 Å². The third kappa shape index (κ3) is 4.88. The van der Waals surface area contributed by atoms with Crippen LogP contribution in [0.1, 0.15) is 36.5 Å². The molecule has 132 valence electrons. The molecule has 24 heavy (non-hydrogen) atoms. The molecular formula is C18H26N2O4. The van der Waals surface area contributed by atoms with E-state index < -0.39 is 0 Å². The minimum absolute atomic E-state index is 0.102. The molecule has 2 rings (SSSR count). The molecule has 0 aliphatic carbocycles. The first-order valence-electron chi connectivity index (χ1n) is 8.32. The summed E-state index contributed by atoms with van der Waals surface area (Å²) >= 11 is 0. The lowest BCUT2D eigenvalue weighted by atomic mass is 10.00. The smallest absolute Gasteiger partial charge is 0.251 e. The molecule has 1 saturated heterocycles. The predicted molar refractivity (Wildman–Crippen MR) is 91.5 cm³/mol. The summed E-state index contributed by atoms with van der Waals surface area (Å²) in [6.45, 7) is 4.13. The summed E-state index contributed by atoms with van der Waals surface area (Å²) in [4.78, 5) is 26.3. The van der Waals surface area contributed by atoms with Gasteiger partial charge in [-0.3, -0.25) is 9.59 Å². The van der Waals surface area contributed by atoms with E-state index in [1.165, 1.54) is 20.6 Å². The maximum Gasteiger partial charge on any atom is 0.251 e. The Morgan fingerprint density at radius 1 is 1.21 bits per heavy atom. The summed E-state index contributed by atoms with van der Waals surface area (Å²) in [6, 6.07) is 5.00. The number of amides is 2. The molecule has 6 nitrogen and oxygen atoms in total. The number of hydrogen-bond donors (Lipinski definition) is 1. The normalized spacial score (nSPS) is 17.3. The van der Waals surface area contributed by atoms with Crippen LogP contribution in [0.2, 0.25) is 0 Å². The SMILES string of the molecule is COc1cc(OC)cc(C(=O)NCCC(=O)N2CCC[C@@H](C)C2)c1. The predicted octanol–water partition coefficient (Wildman–Crippen LogP) is 2.08. The van der Waals surface area contributed by atoms with Gasteiger partial charge in [-0.25, -0.2) is 0 Å². The zero-order chi connectivity index (χ0) is 17.5. The van der Waals surface area contributed by atoms with Crippen molar-refractivity contribution in [3.05, 3.63) is 23.8 Å². The third-order valence-corrected chi connectivity index (χ3v) is 4.25. The van der Waals surface area contributed by atoms with Crippen molar-refractivity contribution in [2.45, 2.75) is 26.2 Å². The van der Waals surface area contributed by atoms with E-state index in [1.54, 1.807) is 18.2 Å². The molecule has 1 aliphatic rings. The molecule has 0 bridgehead atoms. The van der Waals surface area contributed by atoms with Crippen molar-refractivity contribution in [2.24, 2.45) is 5.92 Å². The van der Waals surface area contributed by atoms with Crippen molar-refractivity contribution in [1.82, 2.24) is 10.2 Å². The highest BCUT2D eigenvalue weighted by atomic mass is 16.5. The number of nitrogens with one attached hydrogen (secondary N) is 1. The van der Waals surface area contributed by atoms with Gasteiger partial charge in [-0.2, -0.15) is 0 Å². The van der Waals surface area contributed by atoms with Gasteiger partial charge in [0.15, 0.2) is 0 Å². The summed E-state index contributed by atoms with van der Waals surface area (Å²) in [5.74, 6) is 1.52. The molecule has 1 aromatic rings. The molecular weight excluding hydrogens is 308 g/mol. The fraction of sp³-hybridized carbons (Fsp3) is 0.556. The topological polar surface area (TPSA) is 67.9 Å². The number of piperidine rings is 1. The van der Waals surface area contributed by atoms with Gasteiger partial charge in [0.2, 0.25) is 5.91 Å². The van der Waals surface area contributed by atoms with Gasteiger partial charge >= 0.3 is 0 Å². The lowest BCUT2D eigenvalue weighted by Gasteiger charge is -2.31. The Bertz CT molecular complexity index is 566. The summed E-state index contributed by atoms with van der Waals surface area (Å²) in [6.07, 6.45) is 2.56. The quantitative estimate of drug-likeness (QED) is 0.865. The highest BCUT2D eigenvalue weighted by Gasteiger charge is 2.20. The van der Waals surface area contributed by atoms with Gasteiger partial charge in [-0.1, -0.05) is 6.92 Å². The van der Waals surface area contributed by atoms with Crippen molar-refractivity contribution < 1.29 is 19.1 Å². The average molecular weight is 334 g/mol. The number of ether oxygens (including phenoxy) is 2. The zero-order valence-electron chi connectivity index (χ0n) is 14.6. The van der Waals surface area contributed by atoms with E-state index in [2.05, 4.69) is 12.2 Å². The number of carbonyl (C=O) groups excluding carboxylic acids is 2. The lowest BCUT2D eigenvalue weighted by Crippen LogP contribution is -2.40. The van der Waals surface area contributed by atoms with E-state index in [0.717, 1.165) is 19.5 Å². The molecule has 0 saturated carbocycles. The number of hydrogen-bond acceptors (Lipinski definition) is 4. The van der Waals surface area contributed by atoms with Crippen LogP contribution in [0.3, 0.4) is 0 Å². The van der Waals surface area contributed by atoms with Crippen LogP contribution in [0.15, 0.2) is 18.2 Å². The molecule has 6 heteroatoms. The largest absolute Gasteiger partial charge is 0.497 e. The Morgan fingerprint density at radius 2 is 1.88 bits per heavy atom. The highest BCUT2D eigenvalue weighted by molar-refractivity contribution is 5.95. The Labute approximate surface area is 143 Å². The van der Waals surface area contributed by atoms with Gasteiger partial charge < -0.3 is 19.7 Å². The van der Waals surface area contributed by atoms with Gasteiger partial charge in [-0.15, -0.1) is 0 Å². The summed E-state index contributed by atoms with van der Waals surface area (Å²) in [5.41, 5.74) is 0.449. The van der Waals surface area contributed by atoms with E-state index in [9.17, 15) is 9.59 Å². The van der Waals surface area contributed by atoms with Crippen LogP contribution in [0.5, 0.6) is 11.5 Å². The van der Waals surface area contributed by atoms with Gasteiger partial charge in [-0.05, 0) is 30.9 Å². The summed E-state index contributed by atoms with van der Waals surface area (Å²) in [5, 5.41) is 2.79. The number of methoxy groups -OCH3 is 2. The number of benzene rings is 1. The minimum atomic E-state index is -0.244. The first kappa shape index (κ1) is 18.1. The minimum Gasteiger partial charge on any atom is -0.497 e.